The van der Waals surface area contributed by atoms with Crippen LogP contribution in [0.1, 0.15) is 16.7 Å². The molecule has 0 amide bonds. The van der Waals surface area contributed by atoms with Crippen LogP contribution in [-0.2, 0) is 10.0 Å². The third kappa shape index (κ3) is 3.21. The van der Waals surface area contributed by atoms with Crippen molar-refractivity contribution in [2.75, 3.05) is 17.0 Å². The maximum atomic E-state index is 11.6. The second-order valence-electron chi connectivity index (χ2n) is 3.98. The molecule has 0 unspecified atom stereocenters. The van der Waals surface area contributed by atoms with Crippen molar-refractivity contribution in [3.63, 3.8) is 0 Å². The third-order valence-corrected chi connectivity index (χ3v) is 3.61. The van der Waals surface area contributed by atoms with Gasteiger partial charge in [0.15, 0.2) is 0 Å². The number of nitrogens with one attached hydrogen (secondary N) is 1. The molecule has 5 heteroatoms. The zero-order chi connectivity index (χ0) is 12.3. The van der Waals surface area contributed by atoms with Crippen LogP contribution in [0.4, 0.5) is 5.69 Å². The van der Waals surface area contributed by atoms with Crippen LogP contribution in [0.25, 0.3) is 0 Å². The summed E-state index contributed by atoms with van der Waals surface area (Å²) in [6.07, 6.45) is 0. The fraction of sp³-hybridized carbons (Fsp3) is 0.455. The van der Waals surface area contributed by atoms with Crippen molar-refractivity contribution < 1.29 is 8.42 Å². The SMILES string of the molecule is Cc1cc(C)c(NS(=O)(=O)CCN)c(C)c1. The van der Waals surface area contributed by atoms with Crippen molar-refractivity contribution in [1.82, 2.24) is 0 Å². The van der Waals surface area contributed by atoms with Crippen LogP contribution in [0.5, 0.6) is 0 Å². The Morgan fingerprint density at radius 1 is 1.19 bits per heavy atom. The van der Waals surface area contributed by atoms with E-state index in [1.54, 1.807) is 0 Å². The molecular formula is C11H18N2O2S. The molecule has 0 radical (unpaired) electrons. The van der Waals surface area contributed by atoms with E-state index < -0.39 is 10.0 Å². The quantitative estimate of drug-likeness (QED) is 0.836. The molecule has 1 aromatic rings. The minimum atomic E-state index is -3.32. The van der Waals surface area contributed by atoms with Gasteiger partial charge in [0.2, 0.25) is 10.0 Å². The molecule has 0 bridgehead atoms. The normalized spacial score (nSPS) is 11.5. The molecule has 0 aliphatic rings. The minimum absolute atomic E-state index is 0.0558. The highest BCUT2D eigenvalue weighted by molar-refractivity contribution is 7.92. The van der Waals surface area contributed by atoms with Crippen molar-refractivity contribution >= 4 is 15.7 Å². The number of nitrogens with two attached hydrogens (primary N) is 1. The Morgan fingerprint density at radius 2 is 1.69 bits per heavy atom. The molecule has 0 aromatic heterocycles. The molecule has 0 saturated carbocycles. The predicted octanol–water partition coefficient (Wildman–Crippen LogP) is 1.31. The number of sulfonamides is 1. The van der Waals surface area contributed by atoms with Crippen LogP contribution in [0, 0.1) is 20.8 Å². The maximum Gasteiger partial charge on any atom is 0.233 e. The number of aryl methyl sites for hydroxylation is 3. The van der Waals surface area contributed by atoms with Crippen molar-refractivity contribution in [3.05, 3.63) is 28.8 Å². The highest BCUT2D eigenvalue weighted by atomic mass is 32.2. The second-order valence-corrected chi connectivity index (χ2v) is 5.83. The van der Waals surface area contributed by atoms with Gasteiger partial charge in [-0.1, -0.05) is 17.7 Å². The van der Waals surface area contributed by atoms with Gasteiger partial charge in [-0.3, -0.25) is 4.72 Å². The van der Waals surface area contributed by atoms with Crippen molar-refractivity contribution in [3.8, 4) is 0 Å². The first-order chi connectivity index (χ1) is 7.35. The zero-order valence-electron chi connectivity index (χ0n) is 9.87. The lowest BCUT2D eigenvalue weighted by Gasteiger charge is -2.13. The molecule has 0 saturated heterocycles. The van der Waals surface area contributed by atoms with Crippen molar-refractivity contribution in [1.29, 1.82) is 0 Å². The molecule has 90 valence electrons. The average Bonchev–Trinajstić information content (AvgIpc) is 2.11. The molecule has 3 N–H and O–H groups in total. The number of benzene rings is 1. The molecule has 1 aromatic carbocycles. The molecule has 0 fully saturated rings. The molecular weight excluding hydrogens is 224 g/mol. The standard InChI is InChI=1S/C11H18N2O2S/c1-8-6-9(2)11(10(3)7-8)13-16(14,15)5-4-12/h6-7,13H,4-5,12H2,1-3H3. The summed E-state index contributed by atoms with van der Waals surface area (Å²) in [7, 11) is -3.32. The van der Waals surface area contributed by atoms with Gasteiger partial charge in [-0.25, -0.2) is 8.42 Å². The molecule has 1 rings (SSSR count). The summed E-state index contributed by atoms with van der Waals surface area (Å²) >= 11 is 0. The van der Waals surface area contributed by atoms with Crippen LogP contribution in [0.15, 0.2) is 12.1 Å². The van der Waals surface area contributed by atoms with Crippen LogP contribution in [0.3, 0.4) is 0 Å². The van der Waals surface area contributed by atoms with Gasteiger partial charge in [0.05, 0.1) is 11.4 Å². The van der Waals surface area contributed by atoms with E-state index in [4.69, 9.17) is 5.73 Å². The molecule has 0 heterocycles. The highest BCUT2D eigenvalue weighted by Gasteiger charge is 2.12. The van der Waals surface area contributed by atoms with E-state index in [1.165, 1.54) is 0 Å². The summed E-state index contributed by atoms with van der Waals surface area (Å²) in [5.74, 6) is -0.0558. The summed E-state index contributed by atoms with van der Waals surface area (Å²) in [6.45, 7) is 5.89. The minimum Gasteiger partial charge on any atom is -0.329 e. The smallest absolute Gasteiger partial charge is 0.233 e. The molecule has 0 atom stereocenters. The Hall–Kier alpha value is -1.07. The van der Waals surface area contributed by atoms with E-state index >= 15 is 0 Å². The van der Waals surface area contributed by atoms with Gasteiger partial charge in [0.25, 0.3) is 0 Å². The summed E-state index contributed by atoms with van der Waals surface area (Å²) in [5.41, 5.74) is 8.89. The van der Waals surface area contributed by atoms with E-state index in [1.807, 2.05) is 32.9 Å². The fourth-order valence-corrected chi connectivity index (χ4v) is 2.75. The van der Waals surface area contributed by atoms with Gasteiger partial charge in [-0.2, -0.15) is 0 Å². The third-order valence-electron chi connectivity index (χ3n) is 2.32. The molecule has 0 spiro atoms. The molecule has 0 aliphatic heterocycles. The Labute approximate surface area is 96.9 Å². The zero-order valence-corrected chi connectivity index (χ0v) is 10.7. The Bertz CT molecular complexity index is 458. The second kappa shape index (κ2) is 4.84. The summed E-state index contributed by atoms with van der Waals surface area (Å²) < 4.78 is 25.8. The summed E-state index contributed by atoms with van der Waals surface area (Å²) in [6, 6.07) is 3.90. The van der Waals surface area contributed by atoms with Crippen LogP contribution < -0.4 is 10.5 Å². The van der Waals surface area contributed by atoms with Crippen LogP contribution in [0.2, 0.25) is 0 Å². The molecule has 16 heavy (non-hydrogen) atoms. The average molecular weight is 242 g/mol. The lowest BCUT2D eigenvalue weighted by Crippen LogP contribution is -2.23. The van der Waals surface area contributed by atoms with E-state index in [0.29, 0.717) is 5.69 Å². The van der Waals surface area contributed by atoms with Crippen LogP contribution in [-0.4, -0.2) is 20.7 Å². The molecule has 0 aliphatic carbocycles. The summed E-state index contributed by atoms with van der Waals surface area (Å²) in [4.78, 5) is 0. The van der Waals surface area contributed by atoms with Gasteiger partial charge >= 0.3 is 0 Å². The summed E-state index contributed by atoms with van der Waals surface area (Å²) in [5, 5.41) is 0. The topological polar surface area (TPSA) is 72.2 Å². The van der Waals surface area contributed by atoms with Gasteiger partial charge in [-0.15, -0.1) is 0 Å². The van der Waals surface area contributed by atoms with Crippen molar-refractivity contribution in [2.24, 2.45) is 5.73 Å². The van der Waals surface area contributed by atoms with E-state index in [0.717, 1.165) is 16.7 Å². The lowest BCUT2D eigenvalue weighted by molar-refractivity contribution is 0.601. The van der Waals surface area contributed by atoms with Crippen molar-refractivity contribution in [2.45, 2.75) is 20.8 Å². The Kier molecular flexibility index (Phi) is 3.93. The first-order valence-corrected chi connectivity index (χ1v) is 6.79. The predicted molar refractivity (Wildman–Crippen MR) is 67.1 cm³/mol. The van der Waals surface area contributed by atoms with Gasteiger partial charge in [-0.05, 0) is 31.9 Å². The van der Waals surface area contributed by atoms with Gasteiger partial charge in [0, 0.05) is 6.54 Å². The van der Waals surface area contributed by atoms with E-state index in [9.17, 15) is 8.42 Å². The molecule has 4 nitrogen and oxygen atoms in total. The van der Waals surface area contributed by atoms with Gasteiger partial charge < -0.3 is 5.73 Å². The lowest BCUT2D eigenvalue weighted by atomic mass is 10.1. The highest BCUT2D eigenvalue weighted by Crippen LogP contribution is 2.22. The van der Waals surface area contributed by atoms with Gasteiger partial charge in [0.1, 0.15) is 0 Å². The monoisotopic (exact) mass is 242 g/mol. The maximum absolute atomic E-state index is 11.6. The van der Waals surface area contributed by atoms with E-state index in [2.05, 4.69) is 4.72 Å². The first kappa shape index (κ1) is 13.0. The number of hydrogen-bond acceptors (Lipinski definition) is 3. The van der Waals surface area contributed by atoms with E-state index in [-0.39, 0.29) is 12.3 Å². The number of hydrogen-bond donors (Lipinski definition) is 2. The Morgan fingerprint density at radius 3 is 2.12 bits per heavy atom. The van der Waals surface area contributed by atoms with Crippen LogP contribution >= 0.6 is 0 Å². The fourth-order valence-electron chi connectivity index (χ4n) is 1.70. The first-order valence-electron chi connectivity index (χ1n) is 5.14. The largest absolute Gasteiger partial charge is 0.329 e. The Balaban J connectivity index is 3.07. The number of rotatable bonds is 4. The number of anilines is 1.